The molecule has 0 saturated heterocycles. The molecule has 1 aromatic rings. The van der Waals surface area contributed by atoms with E-state index in [4.69, 9.17) is 5.73 Å². The summed E-state index contributed by atoms with van der Waals surface area (Å²) < 4.78 is 1.07. The van der Waals surface area contributed by atoms with Crippen LogP contribution in [-0.4, -0.2) is 23.9 Å². The first-order valence-electron chi connectivity index (χ1n) is 5.25. The van der Waals surface area contributed by atoms with Crippen LogP contribution in [-0.2, 0) is 11.3 Å². The third-order valence-electron chi connectivity index (χ3n) is 2.40. The lowest BCUT2D eigenvalue weighted by molar-refractivity contribution is -0.130. The van der Waals surface area contributed by atoms with Crippen LogP contribution in [0.5, 0.6) is 0 Å². The molecule has 0 fully saturated rings. The van der Waals surface area contributed by atoms with E-state index in [1.165, 1.54) is 4.88 Å². The largest absolute Gasteiger partial charge is 0.341 e. The molecule has 90 valence electrons. The number of hydrogen-bond donors (Lipinski definition) is 1. The molecule has 0 aliphatic heterocycles. The number of rotatable bonds is 5. The van der Waals surface area contributed by atoms with E-state index in [0.717, 1.165) is 10.9 Å². The average Bonchev–Trinajstić information content (AvgIpc) is 2.63. The van der Waals surface area contributed by atoms with Crippen molar-refractivity contribution in [1.82, 2.24) is 4.90 Å². The molecule has 0 radical (unpaired) electrons. The summed E-state index contributed by atoms with van der Waals surface area (Å²) >= 11 is 5.05. The molecular weight excluding hydrogens is 288 g/mol. The van der Waals surface area contributed by atoms with Crippen molar-refractivity contribution in [2.45, 2.75) is 32.4 Å². The Morgan fingerprint density at radius 2 is 2.38 bits per heavy atom. The molecule has 0 saturated carbocycles. The Kier molecular flexibility index (Phi) is 5.44. The zero-order valence-corrected chi connectivity index (χ0v) is 12.0. The van der Waals surface area contributed by atoms with Gasteiger partial charge in [0.1, 0.15) is 0 Å². The Labute approximate surface area is 109 Å². The molecule has 0 aliphatic carbocycles. The lowest BCUT2D eigenvalue weighted by atomic mass is 10.1. The van der Waals surface area contributed by atoms with Crippen molar-refractivity contribution in [2.24, 2.45) is 5.73 Å². The van der Waals surface area contributed by atoms with Crippen molar-refractivity contribution < 1.29 is 4.79 Å². The molecule has 1 atom stereocenters. The number of amides is 1. The van der Waals surface area contributed by atoms with E-state index in [2.05, 4.69) is 15.9 Å². The molecule has 0 bridgehead atoms. The van der Waals surface area contributed by atoms with Crippen molar-refractivity contribution in [2.75, 3.05) is 7.05 Å². The van der Waals surface area contributed by atoms with Crippen molar-refractivity contribution in [3.63, 3.8) is 0 Å². The zero-order chi connectivity index (χ0) is 12.1. The van der Waals surface area contributed by atoms with Crippen molar-refractivity contribution in [3.8, 4) is 0 Å². The van der Waals surface area contributed by atoms with Crippen LogP contribution in [0.1, 0.15) is 24.6 Å². The van der Waals surface area contributed by atoms with Gasteiger partial charge in [-0.3, -0.25) is 4.79 Å². The van der Waals surface area contributed by atoms with E-state index in [0.29, 0.717) is 13.0 Å². The highest BCUT2D eigenvalue weighted by Gasteiger charge is 2.13. The summed E-state index contributed by atoms with van der Waals surface area (Å²) in [5, 5.41) is 2.02. The summed E-state index contributed by atoms with van der Waals surface area (Å²) in [6.07, 6.45) is 1.27. The average molecular weight is 305 g/mol. The van der Waals surface area contributed by atoms with Gasteiger partial charge in [-0.2, -0.15) is 0 Å². The molecule has 1 unspecified atom stereocenters. The number of carbonyl (C=O) groups excluding carboxylic acids is 1. The van der Waals surface area contributed by atoms with E-state index in [1.54, 1.807) is 16.2 Å². The van der Waals surface area contributed by atoms with Gasteiger partial charge in [0.15, 0.2) is 0 Å². The molecule has 16 heavy (non-hydrogen) atoms. The van der Waals surface area contributed by atoms with Crippen LogP contribution in [0.15, 0.2) is 15.9 Å². The summed E-state index contributed by atoms with van der Waals surface area (Å²) in [5.41, 5.74) is 5.76. The Morgan fingerprint density at radius 3 is 2.88 bits per heavy atom. The third kappa shape index (κ3) is 4.23. The number of nitrogens with zero attached hydrogens (tertiary/aromatic N) is 1. The van der Waals surface area contributed by atoms with Gasteiger partial charge in [0.2, 0.25) is 5.91 Å². The smallest absolute Gasteiger partial charge is 0.224 e. The molecule has 1 heterocycles. The first kappa shape index (κ1) is 13.7. The summed E-state index contributed by atoms with van der Waals surface area (Å²) in [6, 6.07) is 2.01. The van der Waals surface area contributed by atoms with Gasteiger partial charge in [0.25, 0.3) is 0 Å². The topological polar surface area (TPSA) is 46.3 Å². The Balaban J connectivity index is 2.45. The lowest BCUT2D eigenvalue weighted by Crippen LogP contribution is -2.32. The summed E-state index contributed by atoms with van der Waals surface area (Å²) in [6.45, 7) is 2.65. The van der Waals surface area contributed by atoms with Gasteiger partial charge < -0.3 is 10.6 Å². The second-order valence-electron chi connectivity index (χ2n) is 3.85. The van der Waals surface area contributed by atoms with Crippen LogP contribution in [0, 0.1) is 0 Å². The van der Waals surface area contributed by atoms with Crippen LogP contribution < -0.4 is 5.73 Å². The maximum Gasteiger partial charge on any atom is 0.224 e. The first-order chi connectivity index (χ1) is 7.52. The van der Waals surface area contributed by atoms with Crippen LogP contribution in [0.4, 0.5) is 0 Å². The van der Waals surface area contributed by atoms with Gasteiger partial charge in [-0.1, -0.05) is 6.92 Å². The fraction of sp³-hybridized carbons (Fsp3) is 0.545. The van der Waals surface area contributed by atoms with Gasteiger partial charge in [-0.25, -0.2) is 0 Å². The maximum absolute atomic E-state index is 11.8. The van der Waals surface area contributed by atoms with Crippen molar-refractivity contribution in [1.29, 1.82) is 0 Å². The van der Waals surface area contributed by atoms with Crippen LogP contribution in [0.3, 0.4) is 0 Å². The minimum absolute atomic E-state index is 0.0231. The third-order valence-corrected chi connectivity index (χ3v) is 4.08. The summed E-state index contributed by atoms with van der Waals surface area (Å²) in [7, 11) is 1.82. The zero-order valence-electron chi connectivity index (χ0n) is 9.57. The fourth-order valence-corrected chi connectivity index (χ4v) is 2.79. The first-order valence-corrected chi connectivity index (χ1v) is 6.92. The Hall–Kier alpha value is -0.390. The highest BCUT2D eigenvalue weighted by molar-refractivity contribution is 9.10. The normalized spacial score (nSPS) is 12.5. The Morgan fingerprint density at radius 1 is 1.69 bits per heavy atom. The number of thiophene rings is 1. The van der Waals surface area contributed by atoms with E-state index < -0.39 is 0 Å². The number of halogens is 1. The summed E-state index contributed by atoms with van der Waals surface area (Å²) in [5.74, 6) is 0.110. The monoisotopic (exact) mass is 304 g/mol. The predicted octanol–water partition coefficient (Wildman–Crippen LogP) is 2.60. The second-order valence-corrected chi connectivity index (χ2v) is 5.76. The number of carbonyl (C=O) groups is 1. The molecule has 0 spiro atoms. The molecule has 1 aromatic heterocycles. The van der Waals surface area contributed by atoms with Gasteiger partial charge >= 0.3 is 0 Å². The van der Waals surface area contributed by atoms with Crippen LogP contribution in [0.2, 0.25) is 0 Å². The molecular formula is C11H17BrN2OS. The molecule has 2 N–H and O–H groups in total. The van der Waals surface area contributed by atoms with E-state index >= 15 is 0 Å². The molecule has 0 aliphatic rings. The maximum atomic E-state index is 11.8. The molecule has 5 heteroatoms. The highest BCUT2D eigenvalue weighted by Crippen LogP contribution is 2.21. The SMILES string of the molecule is CCC(N)CC(=O)N(C)Cc1cc(Br)cs1. The number of nitrogens with two attached hydrogens (primary N) is 1. The van der Waals surface area contributed by atoms with Gasteiger partial charge in [-0.15, -0.1) is 11.3 Å². The predicted molar refractivity (Wildman–Crippen MR) is 71.4 cm³/mol. The minimum atomic E-state index is -0.0231. The highest BCUT2D eigenvalue weighted by atomic mass is 79.9. The van der Waals surface area contributed by atoms with Crippen molar-refractivity contribution >= 4 is 33.2 Å². The molecule has 3 nitrogen and oxygen atoms in total. The number of hydrogen-bond acceptors (Lipinski definition) is 3. The fourth-order valence-electron chi connectivity index (χ4n) is 1.28. The standard InChI is InChI=1S/C11H17BrN2OS/c1-3-9(13)5-11(15)14(2)6-10-4-8(12)7-16-10/h4,7,9H,3,5-6,13H2,1-2H3. The second kappa shape index (κ2) is 6.37. The quantitative estimate of drug-likeness (QED) is 0.909. The van der Waals surface area contributed by atoms with E-state index in [9.17, 15) is 4.79 Å². The molecule has 1 rings (SSSR count). The lowest BCUT2D eigenvalue weighted by Gasteiger charge is -2.18. The Bertz CT molecular complexity index is 354. The molecule has 1 amide bonds. The van der Waals surface area contributed by atoms with Crippen LogP contribution >= 0.6 is 27.3 Å². The van der Waals surface area contributed by atoms with E-state index in [1.807, 2.05) is 25.4 Å². The molecule has 0 aromatic carbocycles. The van der Waals surface area contributed by atoms with Gasteiger partial charge in [-0.05, 0) is 28.4 Å². The minimum Gasteiger partial charge on any atom is -0.341 e. The van der Waals surface area contributed by atoms with E-state index in [-0.39, 0.29) is 11.9 Å². The van der Waals surface area contributed by atoms with Crippen LogP contribution in [0.25, 0.3) is 0 Å². The van der Waals surface area contributed by atoms with Crippen molar-refractivity contribution in [3.05, 3.63) is 20.8 Å². The summed E-state index contributed by atoms with van der Waals surface area (Å²) in [4.78, 5) is 14.7. The van der Waals surface area contributed by atoms with Gasteiger partial charge in [0, 0.05) is 34.2 Å². The van der Waals surface area contributed by atoms with Gasteiger partial charge in [0.05, 0.1) is 6.54 Å².